The largest absolute Gasteiger partial charge is 0.458 e. The number of H-pyrrole nitrogens is 2. The zero-order chi connectivity index (χ0) is 107. The zero-order valence-corrected chi connectivity index (χ0v) is 98.6. The van der Waals surface area contributed by atoms with E-state index in [0.717, 1.165) is 93.4 Å². The molecule has 0 bridgehead atoms. The first-order chi connectivity index (χ1) is 60.5. The summed E-state index contributed by atoms with van der Waals surface area (Å²) in [6.07, 6.45) is 15.6. The summed E-state index contributed by atoms with van der Waals surface area (Å²) in [5, 5.41) is 8.35. The molecule has 1 fully saturated rings. The Bertz CT molecular complexity index is 4610. The number of carbonyl (C=O) groups is 9. The van der Waals surface area contributed by atoms with Crippen LogP contribution in [0.4, 0.5) is 0 Å². The van der Waals surface area contributed by atoms with E-state index < -0.39 is 0 Å². The van der Waals surface area contributed by atoms with Crippen LogP contribution in [0.25, 0.3) is 0 Å². The minimum atomic E-state index is -0.378. The van der Waals surface area contributed by atoms with Crippen LogP contribution in [0.2, 0.25) is 5.02 Å². The predicted octanol–water partition coefficient (Wildman–Crippen LogP) is 32.1. The molecule has 7 aromatic rings. The molecule has 1 saturated carbocycles. The fourth-order valence-corrected chi connectivity index (χ4v) is 16.0. The van der Waals surface area contributed by atoms with Gasteiger partial charge in [-0.15, -0.1) is 34.0 Å². The van der Waals surface area contributed by atoms with E-state index in [2.05, 4.69) is 180 Å². The van der Waals surface area contributed by atoms with Gasteiger partial charge in [0.05, 0.1) is 31.2 Å². The first-order valence-electron chi connectivity index (χ1n) is 49.0. The van der Waals surface area contributed by atoms with Gasteiger partial charge in [-0.1, -0.05) is 321 Å². The summed E-state index contributed by atoms with van der Waals surface area (Å²) in [5.74, 6) is 4.31. The Hall–Kier alpha value is -6.75. The summed E-state index contributed by atoms with van der Waals surface area (Å²) < 4.78 is 7.38. The highest BCUT2D eigenvalue weighted by molar-refractivity contribution is 7.15. The van der Waals surface area contributed by atoms with Crippen LogP contribution in [0.1, 0.15) is 491 Å². The molecule has 0 aromatic carbocycles. The minimum Gasteiger partial charge on any atom is -0.458 e. The van der Waals surface area contributed by atoms with Gasteiger partial charge >= 0.3 is 0 Å². The molecule has 18 nitrogen and oxygen atoms in total. The van der Waals surface area contributed by atoms with Gasteiger partial charge in [-0.3, -0.25) is 43.2 Å². The van der Waals surface area contributed by atoms with Gasteiger partial charge in [0.1, 0.15) is 23.0 Å². The lowest BCUT2D eigenvalue weighted by molar-refractivity contribution is -0.127. The Labute approximate surface area is 844 Å². The Balaban J connectivity index is 0. The summed E-state index contributed by atoms with van der Waals surface area (Å²) in [6, 6.07) is 13.5. The average Bonchev–Trinajstić information content (AvgIpc) is 1.66. The number of nitrogens with one attached hydrogen (secondary N) is 4. The van der Waals surface area contributed by atoms with Crippen molar-refractivity contribution in [1.82, 2.24) is 40.1 Å². The number of carbonyl (C=O) groups excluding carboxylic acids is 9. The molecule has 7 heterocycles. The highest BCUT2D eigenvalue weighted by Crippen LogP contribution is 2.38. The molecule has 22 heteroatoms. The lowest BCUT2D eigenvalue weighted by Gasteiger charge is -2.22. The van der Waals surface area contributed by atoms with Crippen molar-refractivity contribution < 1.29 is 47.6 Å². The number of ketones is 9. The average molecular weight is 1970 g/mol. The number of furan rings is 1. The summed E-state index contributed by atoms with van der Waals surface area (Å²) in [7, 11) is 1.85. The van der Waals surface area contributed by atoms with E-state index in [1.165, 1.54) is 41.9 Å². The lowest BCUT2D eigenvalue weighted by Crippen LogP contribution is -2.38. The summed E-state index contributed by atoms with van der Waals surface area (Å²) in [5.41, 5.74) is 2.78. The molecule has 0 aliphatic heterocycles. The molecule has 0 amide bonds. The van der Waals surface area contributed by atoms with Crippen LogP contribution in [0.3, 0.4) is 0 Å². The van der Waals surface area contributed by atoms with Crippen molar-refractivity contribution in [3.63, 3.8) is 0 Å². The number of aromatic nitrogens is 6. The van der Waals surface area contributed by atoms with E-state index in [1.807, 2.05) is 251 Å². The molecule has 0 radical (unpaired) electrons. The first kappa shape index (κ1) is 131. The second kappa shape index (κ2) is 53.4. The number of hydrogen-bond donors (Lipinski definition) is 4. The van der Waals surface area contributed by atoms with Gasteiger partial charge in [0, 0.05) is 138 Å². The van der Waals surface area contributed by atoms with Crippen molar-refractivity contribution >= 4 is 97.7 Å². The highest BCUT2D eigenvalue weighted by atomic mass is 35.5. The molecule has 0 saturated heterocycles. The van der Waals surface area contributed by atoms with Crippen LogP contribution in [0.5, 0.6) is 0 Å². The fourth-order valence-electron chi connectivity index (χ4n) is 11.7. The van der Waals surface area contributed by atoms with E-state index in [9.17, 15) is 43.2 Å². The number of thiazole rings is 1. The Kier molecular flexibility index (Phi) is 51.5. The normalized spacial score (nSPS) is 12.9. The molecule has 4 N–H and O–H groups in total. The molecule has 0 unspecified atom stereocenters. The van der Waals surface area contributed by atoms with E-state index in [4.69, 9.17) is 16.0 Å². The number of Topliss-reactive ketones (excluding diaryl/α,β-unsaturated/α-hetero) is 9. The van der Waals surface area contributed by atoms with Gasteiger partial charge in [-0.05, 0) is 158 Å². The first-order valence-corrected chi connectivity index (χ1v) is 51.9. The number of imidazole rings is 2. The van der Waals surface area contributed by atoms with Crippen molar-refractivity contribution in [2.45, 2.75) is 434 Å². The fraction of sp³-hybridized carbons (Fsp3) is 0.702. The van der Waals surface area contributed by atoms with E-state index in [-0.39, 0.29) is 122 Å². The van der Waals surface area contributed by atoms with Gasteiger partial charge in [-0.2, -0.15) is 0 Å². The third kappa shape index (κ3) is 56.0. The van der Waals surface area contributed by atoms with Crippen molar-refractivity contribution in [3.8, 4) is 0 Å². The SMILES string of the molecule is C1CCC1.CC(C)(C)Cc1ccc(C(=O)C(C)(C)C)[nH]1.CC(C)(C)Cc1ccc(C(=O)C(C)(C)C)o1.CC(C)(C)Cc1ccc(C(=O)C(C)(C)C)s1.CC(C)(C)NCCC(=O)C(C)(C)C.CC(C)(C)NCCCC(=O)C(C)(C)C.CC(C)c1sc(CC(C)(C)C)nc1C(=O)C(C)(C)C.Cc1cc(Cl)c(C(=O)C(C)(C)C)s1.Cc1cn(C)c(C(=O)C(C)(C)C)n1.Cc1cnc(C(=O)C(C)(C)C)[nH]1. The second-order valence-electron chi connectivity index (χ2n) is 53.1. The maximum absolute atomic E-state index is 12.5. The van der Waals surface area contributed by atoms with E-state index in [0.29, 0.717) is 63.3 Å². The molecule has 1 aliphatic rings. The number of nitrogens with zero attached hydrogens (tertiary/aromatic N) is 4. The topological polar surface area (TPSA) is 266 Å². The van der Waals surface area contributed by atoms with Gasteiger partial charge in [0.25, 0.3) is 0 Å². The molecule has 0 spiro atoms. The second-order valence-corrected chi connectivity index (χ2v) is 57.1. The Morgan fingerprint density at radius 1 is 0.441 bits per heavy atom. The number of rotatable bonds is 19. The van der Waals surface area contributed by atoms with Crippen LogP contribution < -0.4 is 10.6 Å². The molecule has 8 rings (SSSR count). The van der Waals surface area contributed by atoms with Gasteiger partial charge in [0.15, 0.2) is 40.5 Å². The predicted molar refractivity (Wildman–Crippen MR) is 581 cm³/mol. The third-order valence-electron chi connectivity index (χ3n) is 19.8. The van der Waals surface area contributed by atoms with Crippen LogP contribution >= 0.6 is 45.6 Å². The molecular weight excluding hydrogens is 1770 g/mol. The summed E-state index contributed by atoms with van der Waals surface area (Å²) >= 11 is 10.8. The molecule has 0 atom stereocenters. The van der Waals surface area contributed by atoms with E-state index in [1.54, 1.807) is 39.5 Å². The highest BCUT2D eigenvalue weighted by Gasteiger charge is 2.35. The van der Waals surface area contributed by atoms with Crippen LogP contribution in [0.15, 0.2) is 59.3 Å². The van der Waals surface area contributed by atoms with Crippen LogP contribution in [0, 0.1) is 91.2 Å². The maximum Gasteiger partial charge on any atom is 0.203 e. The molecule has 136 heavy (non-hydrogen) atoms. The zero-order valence-electron chi connectivity index (χ0n) is 95.4. The maximum atomic E-state index is 12.5. The number of halogens is 1. The van der Waals surface area contributed by atoms with Gasteiger partial charge in [-0.25, -0.2) is 15.0 Å². The van der Waals surface area contributed by atoms with Crippen LogP contribution in [-0.4, -0.2) is 106 Å². The van der Waals surface area contributed by atoms with Gasteiger partial charge in [0.2, 0.25) is 17.3 Å². The van der Waals surface area contributed by atoms with Crippen molar-refractivity contribution in [1.29, 1.82) is 0 Å². The molecule has 1 aliphatic carbocycles. The van der Waals surface area contributed by atoms with Crippen molar-refractivity contribution in [2.75, 3.05) is 13.1 Å². The number of hydrogen-bond acceptors (Lipinski definition) is 18. The Morgan fingerprint density at radius 2 is 0.875 bits per heavy atom. The summed E-state index contributed by atoms with van der Waals surface area (Å²) in [4.78, 5) is 131. The number of aryl methyl sites for hydroxylation is 4. The molecule has 774 valence electrons. The lowest BCUT2D eigenvalue weighted by atomic mass is 9.87. The number of aromatic amines is 2. The number of thiophene rings is 2. The van der Waals surface area contributed by atoms with E-state index >= 15 is 0 Å². The van der Waals surface area contributed by atoms with Crippen molar-refractivity contribution in [3.05, 3.63) is 141 Å². The Morgan fingerprint density at radius 3 is 1.24 bits per heavy atom. The summed E-state index contributed by atoms with van der Waals surface area (Å²) in [6.45, 7) is 103. The van der Waals surface area contributed by atoms with Gasteiger partial charge < -0.3 is 29.6 Å². The van der Waals surface area contributed by atoms with Crippen LogP contribution in [-0.2, 0) is 42.3 Å². The van der Waals surface area contributed by atoms with Crippen molar-refractivity contribution in [2.24, 2.45) is 77.4 Å². The minimum absolute atomic E-state index is 0.0515. The molecule has 7 aromatic heterocycles. The standard InChI is InChI=1S/C16H27NOS.C14H23NO.C14H22O2.C14H22OS.C12H25NO.C11H23NO.C10H13ClOS.C10H16N2O.C9H14N2O.C4H8/c1-10(2)13-12(14(18)16(6,7)8)17-11(19-13)9-15(3,4)5;1-13(2,3)9-10-7-8-11(15-10)12(16)14(4,5)6;2*1-13(2,3)9-10-7-8-11(16-10)12(15)14(4,5)6;1-11(2,3)10(14)8-7-9-13-12(4,5)6;1-10(2,3)9(13)7-8-12-11(4,5)6;1-6-5-7(11)8(13-6)9(12)10(2,3)4;1-7-6-12(5)9(11-7)8(13)10(2,3)4;1-6-5-10-8(11-6)7(12)9(2,3)4;1-2-4-3-1/h10H,9H2,1-8H3;7-8,15H,9H2,1-6H3;2*7-8H,9H2,1-6H3;13H,7-9H2,1-6H3;12H,7-8H2,1-6H3;5H,1-4H3;6H,1-5H3;5H,1-4H3,(H,10,11);1-4H2. The quantitative estimate of drug-likeness (QED) is 0.0433. The molecular formula is C114H193ClN8O10S3. The smallest absolute Gasteiger partial charge is 0.203 e. The third-order valence-corrected chi connectivity index (χ3v) is 23.7. The monoisotopic (exact) mass is 1970 g/mol.